The van der Waals surface area contributed by atoms with E-state index in [4.69, 9.17) is 4.42 Å². The van der Waals surface area contributed by atoms with Gasteiger partial charge in [-0.2, -0.15) is 0 Å². The van der Waals surface area contributed by atoms with Crippen molar-refractivity contribution in [2.24, 2.45) is 0 Å². The van der Waals surface area contributed by atoms with Gasteiger partial charge in [-0.1, -0.05) is 53.6 Å². The van der Waals surface area contributed by atoms with Crippen LogP contribution < -0.4 is 14.7 Å². The van der Waals surface area contributed by atoms with Crippen LogP contribution in [-0.4, -0.2) is 55.5 Å². The maximum Gasteiger partial charge on any atom is 0.294 e. The summed E-state index contributed by atoms with van der Waals surface area (Å²) in [7, 11) is 0. The van der Waals surface area contributed by atoms with E-state index in [1.165, 1.54) is 12.0 Å². The first kappa shape index (κ1) is 27.8. The molecule has 0 saturated carbocycles. The van der Waals surface area contributed by atoms with Gasteiger partial charge in [0.1, 0.15) is 0 Å². The van der Waals surface area contributed by atoms with Crippen LogP contribution in [0.3, 0.4) is 0 Å². The number of para-hydroxylation sites is 1. The average molecular weight is 563 g/mol. The number of piperazine rings is 1. The molecule has 1 saturated heterocycles. The Kier molecular flexibility index (Phi) is 7.85. The van der Waals surface area contributed by atoms with E-state index in [1.54, 1.807) is 12.1 Å². The van der Waals surface area contributed by atoms with E-state index in [9.17, 15) is 9.59 Å². The normalized spacial score (nSPS) is 18.9. The number of rotatable bonds is 6. The van der Waals surface area contributed by atoms with Crippen molar-refractivity contribution in [2.75, 3.05) is 47.4 Å². The van der Waals surface area contributed by atoms with Crippen LogP contribution in [0.15, 0.2) is 95.6 Å². The third-order valence-electron chi connectivity index (χ3n) is 8.50. The first-order chi connectivity index (χ1) is 20.4. The topological polar surface area (TPSA) is 60.2 Å². The summed E-state index contributed by atoms with van der Waals surface area (Å²) in [5.41, 5.74) is 6.15. The zero-order chi connectivity index (χ0) is 29.2. The van der Waals surface area contributed by atoms with Gasteiger partial charge in [-0.3, -0.25) is 14.5 Å². The summed E-state index contributed by atoms with van der Waals surface area (Å²) in [4.78, 5) is 36.3. The summed E-state index contributed by atoms with van der Waals surface area (Å²) < 4.78 is 5.48. The summed E-state index contributed by atoms with van der Waals surface area (Å²) in [6.45, 7) is 9.92. The molecule has 2 atom stereocenters. The predicted octanol–water partition coefficient (Wildman–Crippen LogP) is 6.23. The largest absolute Gasteiger partial charge is 0.459 e. The minimum Gasteiger partial charge on any atom is -0.459 e. The van der Waals surface area contributed by atoms with Crippen molar-refractivity contribution < 1.29 is 14.0 Å². The van der Waals surface area contributed by atoms with E-state index >= 15 is 0 Å². The Morgan fingerprint density at radius 3 is 2.26 bits per heavy atom. The lowest BCUT2D eigenvalue weighted by atomic mass is 9.88. The van der Waals surface area contributed by atoms with Gasteiger partial charge in [0.25, 0.3) is 5.91 Å². The molecule has 4 aromatic rings. The van der Waals surface area contributed by atoms with Crippen LogP contribution in [-0.2, 0) is 4.79 Å². The zero-order valence-corrected chi connectivity index (χ0v) is 24.6. The Bertz CT molecular complexity index is 1530. The van der Waals surface area contributed by atoms with E-state index < -0.39 is 0 Å². The molecule has 0 radical (unpaired) electrons. The average Bonchev–Trinajstić information content (AvgIpc) is 3.55. The first-order valence-electron chi connectivity index (χ1n) is 14.8. The van der Waals surface area contributed by atoms with Crippen molar-refractivity contribution in [2.45, 2.75) is 39.3 Å². The third kappa shape index (κ3) is 5.57. The Morgan fingerprint density at radius 2 is 1.57 bits per heavy atom. The van der Waals surface area contributed by atoms with Crippen molar-refractivity contribution in [3.05, 3.63) is 114 Å². The molecule has 3 aromatic carbocycles. The maximum atomic E-state index is 14.3. The fourth-order valence-corrected chi connectivity index (χ4v) is 6.30. The van der Waals surface area contributed by atoms with Crippen LogP contribution in [0.4, 0.5) is 17.1 Å². The second-order valence-electron chi connectivity index (χ2n) is 11.5. The molecule has 1 fully saturated rings. The van der Waals surface area contributed by atoms with E-state index in [-0.39, 0.29) is 23.9 Å². The van der Waals surface area contributed by atoms with Gasteiger partial charge in [0.05, 0.1) is 18.8 Å². The van der Waals surface area contributed by atoms with Gasteiger partial charge < -0.3 is 19.1 Å². The second-order valence-corrected chi connectivity index (χ2v) is 11.5. The summed E-state index contributed by atoms with van der Waals surface area (Å²) in [6.07, 6.45) is 2.14. The Balaban J connectivity index is 1.30. The summed E-state index contributed by atoms with van der Waals surface area (Å²) in [6, 6.07) is 27.9. The lowest BCUT2D eigenvalue weighted by Gasteiger charge is -2.44. The minimum atomic E-state index is -0.212. The van der Waals surface area contributed by atoms with Crippen LogP contribution in [0, 0.1) is 13.8 Å². The van der Waals surface area contributed by atoms with E-state index in [0.717, 1.165) is 54.2 Å². The molecule has 2 aliphatic heterocycles. The van der Waals surface area contributed by atoms with Crippen LogP contribution >= 0.6 is 0 Å². The SMILES string of the molecule is Cc1ccc(N(C(=O)CN2CCN(c3ccccc3)CC2)C2CC(C)N(C(=O)c3ccco3)c3ccc(C)cc32)cc1. The van der Waals surface area contributed by atoms with Crippen LogP contribution in [0.25, 0.3) is 0 Å². The highest BCUT2D eigenvalue weighted by Gasteiger charge is 2.40. The number of nitrogens with zero attached hydrogens (tertiary/aromatic N) is 4. The molecule has 0 spiro atoms. The number of hydrogen-bond donors (Lipinski definition) is 0. The molecule has 7 nitrogen and oxygen atoms in total. The third-order valence-corrected chi connectivity index (χ3v) is 8.50. The van der Waals surface area contributed by atoms with E-state index in [2.05, 4.69) is 73.0 Å². The zero-order valence-electron chi connectivity index (χ0n) is 24.6. The van der Waals surface area contributed by atoms with Crippen molar-refractivity contribution in [3.8, 4) is 0 Å². The second kappa shape index (κ2) is 11.9. The minimum absolute atomic E-state index is 0.0717. The Morgan fingerprint density at radius 1 is 0.857 bits per heavy atom. The van der Waals surface area contributed by atoms with Crippen LogP contribution in [0.2, 0.25) is 0 Å². The van der Waals surface area contributed by atoms with Gasteiger partial charge in [0.2, 0.25) is 5.91 Å². The summed E-state index contributed by atoms with van der Waals surface area (Å²) >= 11 is 0. The van der Waals surface area contributed by atoms with E-state index in [1.807, 2.05) is 40.1 Å². The number of furan rings is 1. The van der Waals surface area contributed by atoms with Gasteiger partial charge in [-0.15, -0.1) is 0 Å². The number of benzene rings is 3. The predicted molar refractivity (Wildman–Crippen MR) is 167 cm³/mol. The monoisotopic (exact) mass is 562 g/mol. The Hall–Kier alpha value is -4.36. The highest BCUT2D eigenvalue weighted by molar-refractivity contribution is 6.06. The molecule has 216 valence electrons. The number of carbonyl (C=O) groups excluding carboxylic acids is 2. The highest BCUT2D eigenvalue weighted by atomic mass is 16.3. The fraction of sp³-hybridized carbons (Fsp3) is 0.314. The van der Waals surface area contributed by atoms with Gasteiger partial charge >= 0.3 is 0 Å². The van der Waals surface area contributed by atoms with Crippen molar-refractivity contribution in [1.29, 1.82) is 0 Å². The molecule has 2 unspecified atom stereocenters. The lowest BCUT2D eigenvalue weighted by Crippen LogP contribution is -2.52. The molecule has 7 heteroatoms. The van der Waals surface area contributed by atoms with Crippen molar-refractivity contribution in [3.63, 3.8) is 0 Å². The number of carbonyl (C=O) groups is 2. The molecule has 2 amide bonds. The van der Waals surface area contributed by atoms with Crippen molar-refractivity contribution in [1.82, 2.24) is 4.90 Å². The van der Waals surface area contributed by atoms with Crippen LogP contribution in [0.5, 0.6) is 0 Å². The number of amides is 2. The molecule has 6 rings (SSSR count). The summed E-state index contributed by atoms with van der Waals surface area (Å²) in [5, 5.41) is 0. The molecular weight excluding hydrogens is 524 g/mol. The quantitative estimate of drug-likeness (QED) is 0.279. The van der Waals surface area contributed by atoms with Gasteiger partial charge in [0, 0.05) is 49.3 Å². The molecule has 0 N–H and O–H groups in total. The first-order valence-corrected chi connectivity index (χ1v) is 14.8. The number of aryl methyl sites for hydroxylation is 2. The Labute approximate surface area is 247 Å². The molecule has 3 heterocycles. The van der Waals surface area contributed by atoms with Gasteiger partial charge in [-0.05, 0) is 75.2 Å². The lowest BCUT2D eigenvalue weighted by molar-refractivity contribution is -0.120. The van der Waals surface area contributed by atoms with Crippen molar-refractivity contribution >= 4 is 28.9 Å². The molecule has 1 aromatic heterocycles. The fourth-order valence-electron chi connectivity index (χ4n) is 6.30. The summed E-state index contributed by atoms with van der Waals surface area (Å²) in [5.74, 6) is 0.218. The molecular formula is C35H38N4O3. The highest BCUT2D eigenvalue weighted by Crippen LogP contribution is 2.43. The van der Waals surface area contributed by atoms with E-state index in [0.29, 0.717) is 18.7 Å². The molecule has 42 heavy (non-hydrogen) atoms. The smallest absolute Gasteiger partial charge is 0.294 e. The maximum absolute atomic E-state index is 14.3. The molecule has 0 aliphatic carbocycles. The molecule has 2 aliphatic rings. The standard InChI is InChI=1S/C35H38N4O3/c1-25-11-14-29(15-12-25)39(34(40)24-36-17-19-37(20-18-36)28-8-5-4-6-9-28)32-23-27(3)38(35(41)33-10-7-21-42-33)31-16-13-26(2)22-30(31)32/h4-16,21-22,27,32H,17-20,23-24H2,1-3H3. The van der Waals surface area contributed by atoms with Crippen LogP contribution in [0.1, 0.15) is 46.6 Å². The number of hydrogen-bond acceptors (Lipinski definition) is 5. The number of fused-ring (bicyclic) bond motifs is 1. The van der Waals surface area contributed by atoms with Gasteiger partial charge in [0.15, 0.2) is 5.76 Å². The number of anilines is 3. The van der Waals surface area contributed by atoms with Gasteiger partial charge in [-0.25, -0.2) is 0 Å². The molecule has 0 bridgehead atoms.